The fourth-order valence-electron chi connectivity index (χ4n) is 3.40. The molecule has 1 aromatic carbocycles. The fraction of sp³-hybridized carbons (Fsp3) is 0.619. The summed E-state index contributed by atoms with van der Waals surface area (Å²) >= 11 is 0. The zero-order chi connectivity index (χ0) is 20.4. The molecule has 0 radical (unpaired) electrons. The van der Waals surface area contributed by atoms with Gasteiger partial charge in [-0.15, -0.1) is 24.0 Å². The monoisotopic (exact) mass is 518 g/mol. The van der Waals surface area contributed by atoms with E-state index in [-0.39, 0.29) is 41.9 Å². The lowest BCUT2D eigenvalue weighted by Gasteiger charge is -2.29. The third-order valence-electron chi connectivity index (χ3n) is 4.99. The van der Waals surface area contributed by atoms with E-state index in [1.165, 1.54) is 25.5 Å². The number of ether oxygens (including phenoxy) is 2. The van der Waals surface area contributed by atoms with Crippen molar-refractivity contribution >= 4 is 35.9 Å². The first-order valence-corrected chi connectivity index (χ1v) is 10.1. The average molecular weight is 518 g/mol. The Hall–Kier alpha value is -1.55. The summed E-state index contributed by atoms with van der Waals surface area (Å²) in [4.78, 5) is 18.7. The molecule has 0 bridgehead atoms. The lowest BCUT2D eigenvalue weighted by molar-refractivity contribution is -0.144. The average Bonchev–Trinajstić information content (AvgIpc) is 3.25. The molecule has 8 heteroatoms. The number of carbonyl (C=O) groups excluding carboxylic acids is 1. The van der Waals surface area contributed by atoms with Gasteiger partial charge >= 0.3 is 5.97 Å². The number of carbonyl (C=O) groups is 1. The van der Waals surface area contributed by atoms with Gasteiger partial charge in [0.15, 0.2) is 5.96 Å². The first-order chi connectivity index (χ1) is 13.6. The number of rotatable bonds is 9. The minimum atomic E-state index is -0.270. The van der Waals surface area contributed by atoms with Gasteiger partial charge in [0.05, 0.1) is 32.7 Å². The zero-order valence-corrected chi connectivity index (χ0v) is 20.3. The van der Waals surface area contributed by atoms with Crippen molar-refractivity contribution < 1.29 is 14.3 Å². The number of methoxy groups -OCH3 is 2. The largest absolute Gasteiger partial charge is 0.497 e. The van der Waals surface area contributed by atoms with Gasteiger partial charge < -0.3 is 20.1 Å². The van der Waals surface area contributed by atoms with Crippen molar-refractivity contribution in [2.24, 2.45) is 10.9 Å². The molecule has 2 rings (SSSR count). The number of nitrogens with one attached hydrogen (secondary N) is 2. The summed E-state index contributed by atoms with van der Waals surface area (Å²) in [5.74, 6) is 1.07. The van der Waals surface area contributed by atoms with Gasteiger partial charge in [-0.2, -0.15) is 0 Å². The van der Waals surface area contributed by atoms with Crippen LogP contribution in [0.1, 0.15) is 38.3 Å². The second-order valence-electron chi connectivity index (χ2n) is 7.06. The molecule has 1 aliphatic heterocycles. The van der Waals surface area contributed by atoms with E-state index in [0.29, 0.717) is 12.5 Å². The molecule has 0 saturated carbocycles. The fourth-order valence-corrected chi connectivity index (χ4v) is 3.40. The van der Waals surface area contributed by atoms with Crippen LogP contribution in [-0.2, 0) is 9.53 Å². The summed E-state index contributed by atoms with van der Waals surface area (Å²) in [5.41, 5.74) is 1.23. The maximum Gasteiger partial charge on any atom is 0.310 e. The van der Waals surface area contributed by atoms with Crippen molar-refractivity contribution in [1.82, 2.24) is 15.5 Å². The molecule has 2 N–H and O–H groups in total. The third-order valence-corrected chi connectivity index (χ3v) is 4.99. The Morgan fingerprint density at radius 3 is 2.59 bits per heavy atom. The van der Waals surface area contributed by atoms with Gasteiger partial charge in [0.1, 0.15) is 5.75 Å². The third kappa shape index (κ3) is 8.00. The molecule has 2 atom stereocenters. The number of likely N-dealkylation sites (tertiary alicyclic amines) is 1. The van der Waals surface area contributed by atoms with Crippen molar-refractivity contribution in [3.63, 3.8) is 0 Å². The summed E-state index contributed by atoms with van der Waals surface area (Å²) in [7, 11) is 3.10. The van der Waals surface area contributed by atoms with Crippen molar-refractivity contribution in [3.8, 4) is 5.75 Å². The van der Waals surface area contributed by atoms with Gasteiger partial charge in [0.25, 0.3) is 0 Å². The number of hydrogen-bond donors (Lipinski definition) is 2. The predicted molar refractivity (Wildman–Crippen MR) is 127 cm³/mol. The number of esters is 1. The van der Waals surface area contributed by atoms with Crippen LogP contribution in [0, 0.1) is 5.92 Å². The summed E-state index contributed by atoms with van der Waals surface area (Å²) in [6.07, 6.45) is 2.45. The molecule has 1 heterocycles. The lowest BCUT2D eigenvalue weighted by Crippen LogP contribution is -2.43. The number of aliphatic imine (C=N–C) groups is 1. The summed E-state index contributed by atoms with van der Waals surface area (Å²) in [6.45, 7) is 7.91. The normalized spacial score (nSPS) is 16.5. The smallest absolute Gasteiger partial charge is 0.310 e. The number of hydrogen-bond acceptors (Lipinski definition) is 5. The highest BCUT2D eigenvalue weighted by Crippen LogP contribution is 2.27. The van der Waals surface area contributed by atoms with E-state index in [9.17, 15) is 4.79 Å². The van der Waals surface area contributed by atoms with Crippen LogP contribution in [0.5, 0.6) is 5.75 Å². The van der Waals surface area contributed by atoms with Gasteiger partial charge in [-0.3, -0.25) is 14.7 Å². The Kier molecular flexibility index (Phi) is 12.0. The predicted octanol–water partition coefficient (Wildman–Crippen LogP) is 2.81. The van der Waals surface area contributed by atoms with Crippen molar-refractivity contribution in [1.29, 1.82) is 0 Å². The van der Waals surface area contributed by atoms with Crippen LogP contribution in [0.3, 0.4) is 0 Å². The quantitative estimate of drug-likeness (QED) is 0.227. The van der Waals surface area contributed by atoms with Crippen LogP contribution in [0.25, 0.3) is 0 Å². The molecule has 0 aromatic heterocycles. The first kappa shape index (κ1) is 25.5. The highest BCUT2D eigenvalue weighted by Gasteiger charge is 2.24. The van der Waals surface area contributed by atoms with E-state index in [4.69, 9.17) is 9.47 Å². The maximum absolute atomic E-state index is 11.6. The van der Waals surface area contributed by atoms with Crippen LogP contribution >= 0.6 is 24.0 Å². The van der Waals surface area contributed by atoms with Crippen LogP contribution in [0.15, 0.2) is 29.3 Å². The van der Waals surface area contributed by atoms with E-state index >= 15 is 0 Å². The summed E-state index contributed by atoms with van der Waals surface area (Å²) < 4.78 is 10.2. The van der Waals surface area contributed by atoms with E-state index in [0.717, 1.165) is 31.9 Å². The maximum atomic E-state index is 11.6. The molecule has 1 aliphatic rings. The van der Waals surface area contributed by atoms with Crippen molar-refractivity contribution in [2.45, 2.75) is 32.7 Å². The van der Waals surface area contributed by atoms with Gasteiger partial charge in [-0.1, -0.05) is 19.1 Å². The van der Waals surface area contributed by atoms with Crippen LogP contribution in [0.4, 0.5) is 0 Å². The minimum Gasteiger partial charge on any atom is -0.497 e. The second kappa shape index (κ2) is 13.6. The number of nitrogens with zero attached hydrogens (tertiary/aromatic N) is 2. The molecular formula is C21H35IN4O3. The topological polar surface area (TPSA) is 75.2 Å². The van der Waals surface area contributed by atoms with E-state index < -0.39 is 0 Å². The molecule has 29 heavy (non-hydrogen) atoms. The minimum absolute atomic E-state index is 0. The number of benzene rings is 1. The molecule has 0 amide bonds. The molecule has 0 aliphatic carbocycles. The van der Waals surface area contributed by atoms with E-state index in [1.54, 1.807) is 7.11 Å². The van der Waals surface area contributed by atoms with Gasteiger partial charge in [0.2, 0.25) is 0 Å². The Labute approximate surface area is 191 Å². The molecular weight excluding hydrogens is 483 g/mol. The van der Waals surface area contributed by atoms with Crippen LogP contribution in [-0.4, -0.2) is 63.8 Å². The van der Waals surface area contributed by atoms with Gasteiger partial charge in [-0.05, 0) is 50.6 Å². The Morgan fingerprint density at radius 1 is 1.24 bits per heavy atom. The summed E-state index contributed by atoms with van der Waals surface area (Å²) in [5, 5.41) is 6.71. The molecule has 1 fully saturated rings. The van der Waals surface area contributed by atoms with E-state index in [2.05, 4.69) is 32.7 Å². The molecule has 2 unspecified atom stereocenters. The van der Waals surface area contributed by atoms with Crippen molar-refractivity contribution in [2.75, 3.05) is 46.9 Å². The lowest BCUT2D eigenvalue weighted by atomic mass is 10.1. The highest BCUT2D eigenvalue weighted by molar-refractivity contribution is 14.0. The van der Waals surface area contributed by atoms with Crippen LogP contribution < -0.4 is 15.4 Å². The number of halogens is 1. The van der Waals surface area contributed by atoms with Crippen LogP contribution in [0.2, 0.25) is 0 Å². The Bertz CT molecular complexity index is 651. The molecule has 1 aromatic rings. The van der Waals surface area contributed by atoms with Gasteiger partial charge in [-0.25, -0.2) is 0 Å². The van der Waals surface area contributed by atoms with E-state index in [1.807, 2.05) is 26.0 Å². The zero-order valence-electron chi connectivity index (χ0n) is 17.9. The number of guanidine groups is 1. The molecule has 1 saturated heterocycles. The van der Waals surface area contributed by atoms with Crippen molar-refractivity contribution in [3.05, 3.63) is 29.8 Å². The Balaban J connectivity index is 0.00000420. The molecule has 0 spiro atoms. The second-order valence-corrected chi connectivity index (χ2v) is 7.06. The van der Waals surface area contributed by atoms with Gasteiger partial charge in [0, 0.05) is 13.1 Å². The first-order valence-electron chi connectivity index (χ1n) is 10.1. The molecule has 7 nitrogen and oxygen atoms in total. The standard InChI is InChI=1S/C21H34N4O3.HI/c1-5-22-21(23-14-16(2)20(26)28-4)24-15-19(25-11-6-7-12-25)17-9-8-10-18(13-17)27-3;/h8-10,13,16,19H,5-7,11-12,14-15H2,1-4H3,(H2,22,23,24);1H. The highest BCUT2D eigenvalue weighted by atomic mass is 127. The Morgan fingerprint density at radius 2 is 1.97 bits per heavy atom. The summed E-state index contributed by atoms with van der Waals surface area (Å²) in [6, 6.07) is 8.50. The molecule has 164 valence electrons. The SMILES string of the molecule is CCNC(=NCC(C)C(=O)OC)NCC(c1cccc(OC)c1)N1CCCC1.I.